The van der Waals surface area contributed by atoms with Gasteiger partial charge in [-0.15, -0.1) is 0 Å². The van der Waals surface area contributed by atoms with Gasteiger partial charge in [0.1, 0.15) is 55.3 Å². The van der Waals surface area contributed by atoms with E-state index in [0.29, 0.717) is 59.2 Å². The second-order valence-corrected chi connectivity index (χ2v) is 39.3. The Balaban J connectivity index is 0.751. The molecule has 5 fully saturated rings. The van der Waals surface area contributed by atoms with Gasteiger partial charge in [-0.2, -0.15) is 17.2 Å². The Bertz CT molecular complexity index is 4440. The zero-order chi connectivity index (χ0) is 93.6. The molecule has 0 radical (unpaired) electrons. The molecule has 2 aromatic rings. The summed E-state index contributed by atoms with van der Waals surface area (Å²) in [5.74, 6) is 9.56. The lowest BCUT2D eigenvalue weighted by Gasteiger charge is -2.46. The number of anilines is 1. The van der Waals surface area contributed by atoms with Crippen molar-refractivity contribution in [1.82, 2.24) is 37.0 Å². The predicted molar refractivity (Wildman–Crippen MR) is 487 cm³/mol. The molecule has 128 heavy (non-hydrogen) atoms. The van der Waals surface area contributed by atoms with Gasteiger partial charge >= 0.3 is 6.09 Å². The number of aliphatic hydroxyl groups is 5. The van der Waals surface area contributed by atoms with E-state index in [1.54, 1.807) is 92.2 Å². The fourth-order valence-corrected chi connectivity index (χ4v) is 20.3. The van der Waals surface area contributed by atoms with Crippen molar-refractivity contribution in [2.24, 2.45) is 5.92 Å². The number of nitrogens with one attached hydrogen (secondary N) is 7. The van der Waals surface area contributed by atoms with Gasteiger partial charge in [0.05, 0.1) is 89.5 Å². The van der Waals surface area contributed by atoms with E-state index in [-0.39, 0.29) is 157 Å². The number of aliphatic hydroxyl groups excluding tert-OH is 4. The van der Waals surface area contributed by atoms with E-state index in [2.05, 4.69) is 61.1 Å². The van der Waals surface area contributed by atoms with E-state index in [0.717, 1.165) is 11.8 Å². The topological polar surface area (TPSA) is 462 Å². The average molecular weight is 1980 g/mol. The number of alkyl carbamates (subject to hydrolysis) is 1. The average Bonchev–Trinajstić information content (AvgIpc) is 1.46. The van der Waals surface area contributed by atoms with Crippen LogP contribution in [0.25, 0.3) is 0 Å². The van der Waals surface area contributed by atoms with Crippen LogP contribution < -0.4 is 51.6 Å². The Morgan fingerprint density at radius 2 is 1.50 bits per heavy atom. The minimum atomic E-state index is -2.02. The van der Waals surface area contributed by atoms with Gasteiger partial charge in [0, 0.05) is 93.3 Å². The highest BCUT2D eigenvalue weighted by atomic mass is 127. The van der Waals surface area contributed by atoms with Crippen molar-refractivity contribution >= 4 is 126 Å². The Hall–Kier alpha value is -6.70. The second kappa shape index (κ2) is 49.3. The first-order chi connectivity index (χ1) is 60.9. The van der Waals surface area contributed by atoms with Crippen LogP contribution in [0.2, 0.25) is 0 Å². The number of rotatable bonds is 42. The van der Waals surface area contributed by atoms with Gasteiger partial charge in [0.25, 0.3) is 0 Å². The number of methoxy groups -OCH3 is 4. The second-order valence-electron chi connectivity index (χ2n) is 33.0. The molecule has 22 atom stereocenters. The highest BCUT2D eigenvalue weighted by Gasteiger charge is 2.52. The number of fused-ring (bicyclic) bond motifs is 2. The Labute approximate surface area is 777 Å². The van der Waals surface area contributed by atoms with Crippen molar-refractivity contribution in [2.45, 2.75) is 284 Å². The summed E-state index contributed by atoms with van der Waals surface area (Å²) in [5.41, 5.74) is 3.23. The van der Waals surface area contributed by atoms with Crippen molar-refractivity contribution in [1.29, 1.82) is 0 Å². The van der Waals surface area contributed by atoms with Gasteiger partial charge in [0.15, 0.2) is 41.8 Å². The van der Waals surface area contributed by atoms with Crippen LogP contribution in [0.5, 0.6) is 17.2 Å². The number of likely N-dealkylation sites (N-methyl/N-ethyl adjacent to an activating group) is 1. The Kier molecular flexibility index (Phi) is 40.5. The number of imide groups is 1. The van der Waals surface area contributed by atoms with Crippen LogP contribution in [0.3, 0.4) is 0 Å². The van der Waals surface area contributed by atoms with Crippen LogP contribution in [0.4, 0.5) is 10.5 Å². The number of carbonyl (C=O) groups excluding carboxylic acids is 9. The number of ketones is 1. The molecule has 40 heteroatoms. The van der Waals surface area contributed by atoms with Crippen LogP contribution in [-0.4, -0.2) is 293 Å². The molecule has 35 nitrogen and oxygen atoms in total. The number of unbranched alkanes of at least 4 members (excludes halogenated alkanes) is 2. The van der Waals surface area contributed by atoms with Crippen molar-refractivity contribution in [3.8, 4) is 40.9 Å². The highest BCUT2D eigenvalue weighted by molar-refractivity contribution is 14.1. The summed E-state index contributed by atoms with van der Waals surface area (Å²) in [6, 6.07) is 3.37. The number of hydroxylamine groups is 1. The lowest BCUT2D eigenvalue weighted by molar-refractivity contribution is -0.336. The fraction of sp³-hybridized carbons (Fsp3) is 0.648. The first-order valence-electron chi connectivity index (χ1n) is 42.7. The summed E-state index contributed by atoms with van der Waals surface area (Å²) in [5, 5.41) is 74.2. The molecule has 708 valence electrons. The summed E-state index contributed by atoms with van der Waals surface area (Å²) in [6.07, 6.45) is -8.84. The minimum absolute atomic E-state index is 0.0154. The van der Waals surface area contributed by atoms with Crippen molar-refractivity contribution in [3.05, 3.63) is 79.5 Å². The van der Waals surface area contributed by atoms with Crippen LogP contribution >= 0.6 is 67.7 Å². The van der Waals surface area contributed by atoms with Crippen LogP contribution in [0.1, 0.15) is 155 Å². The number of Topliss-reactive ketones (excluding diaryl/α,β-unsaturated/α-hetero) is 1. The molecular formula is C88H123IN8O27S4. The number of allylic oxidation sites excluding steroid dienone is 3. The summed E-state index contributed by atoms with van der Waals surface area (Å²) < 4.78 is 73.2. The van der Waals surface area contributed by atoms with E-state index in [4.69, 9.17) is 61.7 Å². The first kappa shape index (κ1) is 105. The van der Waals surface area contributed by atoms with Gasteiger partial charge < -0.3 is 114 Å². The van der Waals surface area contributed by atoms with E-state index >= 15 is 0 Å². The Morgan fingerprint density at radius 1 is 0.789 bits per heavy atom. The van der Waals surface area contributed by atoms with Gasteiger partial charge in [-0.05, 0) is 157 Å². The summed E-state index contributed by atoms with van der Waals surface area (Å²) >= 11 is 4.18. The molecule has 2 bridgehead atoms. The quantitative estimate of drug-likeness (QED) is 0.00924. The molecule has 12 N–H and O–H groups in total. The number of carbonyl (C=O) groups is 9. The number of benzene rings is 2. The molecular weight excluding hydrogens is 1860 g/mol. The molecule has 0 saturated carbocycles. The summed E-state index contributed by atoms with van der Waals surface area (Å²) in [4.78, 5) is 126. The third-order valence-corrected chi connectivity index (χ3v) is 29.7. The highest BCUT2D eigenvalue weighted by Crippen LogP contribution is 2.50. The third kappa shape index (κ3) is 27.7. The van der Waals surface area contributed by atoms with Crippen molar-refractivity contribution < 1.29 is 130 Å². The van der Waals surface area contributed by atoms with Gasteiger partial charge in [0.2, 0.25) is 52.6 Å². The van der Waals surface area contributed by atoms with E-state index in [9.17, 15) is 68.7 Å². The largest absolute Gasteiger partial charge is 0.492 e. The summed E-state index contributed by atoms with van der Waals surface area (Å²) in [6.45, 7) is 20.4. The fourth-order valence-electron chi connectivity index (χ4n) is 15.5. The summed E-state index contributed by atoms with van der Waals surface area (Å²) in [7, 11) is 8.59. The predicted octanol–water partition coefficient (Wildman–Crippen LogP) is 5.86. The lowest BCUT2D eigenvalue weighted by Crippen LogP contribution is -2.65. The number of hydrogen-bond acceptors (Lipinski definition) is 33. The molecule has 5 heterocycles. The maximum Gasteiger partial charge on any atom is 0.407 e. The normalized spacial score (nSPS) is 29.4. The van der Waals surface area contributed by atoms with E-state index < -0.39 is 149 Å². The van der Waals surface area contributed by atoms with Gasteiger partial charge in [-0.1, -0.05) is 102 Å². The molecule has 7 aliphatic rings. The molecule has 5 aliphatic heterocycles. The molecule has 9 rings (SSSR count). The monoisotopic (exact) mass is 1980 g/mol. The van der Waals surface area contributed by atoms with Crippen molar-refractivity contribution in [2.75, 3.05) is 78.6 Å². The number of thioether (sulfide) groups is 2. The van der Waals surface area contributed by atoms with Crippen LogP contribution in [0, 0.1) is 40.1 Å². The number of nitrogens with zero attached hydrogens (tertiary/aromatic N) is 1. The van der Waals surface area contributed by atoms with E-state index in [1.165, 1.54) is 78.7 Å². The SMILES string of the molecule is CCN[C@H]1CO[C@@H](O[C@H]2[C@H](O[C@H]3C#C/C=C\C#C[C@]4(O)CC(=O)C(C)=C3/C4=C\CSSC(C)(C)CCC(=O)NCCNC(=O)OCc3ccc(NC(=O)[C@H](C)NC(=O)[C@@H](NC(=O)CCCCCN4C(=O)CC(SC)C4=O)C(C)C)cc3)O[C@H](C)[C@@H](NO[C@H]3C[C@H](O)[C@H](SC(=O)c4c(C)c(I)c(O[C@@H]5O[C@@H](C)[C@H](O)[C@@H](OC)[C@H]5O)c(OC)c4OC)[C@@H](C)O3)[C@@H]2O)C[C@@H]1OC. The smallest absolute Gasteiger partial charge is 0.407 e. The molecule has 2 aromatic carbocycles. The number of hydrogen-bond donors (Lipinski definition) is 12. The van der Waals surface area contributed by atoms with Gasteiger partial charge in [-0.25, -0.2) is 4.79 Å². The molecule has 1 unspecified atom stereocenters. The number of ether oxygens (including phenoxy) is 12. The van der Waals surface area contributed by atoms with E-state index in [1.807, 2.05) is 43.4 Å². The zero-order valence-electron chi connectivity index (χ0n) is 74.9. The minimum Gasteiger partial charge on any atom is -0.492 e. The standard InChI is InChI=1S/C88H123IN8O27S4/c1-17-90-55-44-116-64(40-59(55)112-12)122-77-72(104)70(96-124-65-39-56(98)79(51(9)118-65)127-83(109)67-47(5)68(89)75(78(115-15)74(67)113-13)123-84-73(105)76(114-14)71(103)50(8)120-84)49(7)119-85(77)121-58-25-21-18-19-23-33-88(111)42-57(99)46(4)66(58)54(88)32-38-126-128-87(10,11)34-31-61(100)91-35-36-92-86(110)117-43-52-27-29-53(30-28-52)94-80(106)48(6)93-81(107)69(45(2)3)95-62(101)26-22-20-24-37-97-63(102)41-60(125-16)82(97)108/h18-19,27-30,32,45,48-51,55-56,58-60,64-65,69-73,76-77,79,84-85,90,96,98,103-105,111H,17,20,22,24,26,31,34-44H2,1-16H3,(H,91,100)(H,92,110)(H,93,107)(H,94,106)(H,95,101)/b19-18-,54-32+/t48-,49+,50-,51+,55-,56-,58-,59-,60?,64-,65-,69-,70+,71-,72-,73+,76+,77+,79+,84-,85-,88-/m0/s1. The van der Waals surface area contributed by atoms with Crippen molar-refractivity contribution in [3.63, 3.8) is 0 Å². The molecule has 7 amide bonds. The first-order valence-corrected chi connectivity index (χ1v) is 48.3. The number of halogens is 1. The molecule has 2 aliphatic carbocycles. The third-order valence-electron chi connectivity index (χ3n) is 22.8. The molecule has 0 spiro atoms. The number of amides is 7. The van der Waals surface area contributed by atoms with Gasteiger partial charge in [-0.3, -0.25) is 48.1 Å². The zero-order valence-corrected chi connectivity index (χ0v) is 80.4. The molecule has 0 aromatic heterocycles. The lowest BCUT2D eigenvalue weighted by atomic mass is 9.74. The maximum absolute atomic E-state index is 14.6. The Morgan fingerprint density at radius 3 is 2.17 bits per heavy atom. The maximum atomic E-state index is 14.6. The number of likely N-dealkylation sites (tertiary alicyclic amines) is 1. The molecule has 5 saturated heterocycles. The van der Waals surface area contributed by atoms with Crippen LogP contribution in [0.15, 0.2) is 59.2 Å². The van der Waals surface area contributed by atoms with Crippen LogP contribution in [-0.2, 0) is 87.6 Å².